The molecule has 0 aromatic carbocycles. The molecular formula is C20H33N3O3. The summed E-state index contributed by atoms with van der Waals surface area (Å²) in [7, 11) is 1.65. The highest BCUT2D eigenvalue weighted by atomic mass is 16.5. The van der Waals surface area contributed by atoms with Crippen LogP contribution in [0.1, 0.15) is 44.9 Å². The van der Waals surface area contributed by atoms with Crippen molar-refractivity contribution in [2.24, 2.45) is 11.8 Å². The first-order valence-electron chi connectivity index (χ1n) is 10.5. The molecule has 0 aliphatic carbocycles. The molecule has 4 aliphatic heterocycles. The number of likely N-dealkylation sites (tertiary alicyclic amines) is 2. The van der Waals surface area contributed by atoms with Gasteiger partial charge in [-0.25, -0.2) is 0 Å². The number of piperidine rings is 4. The number of nitrogens with zero attached hydrogens (tertiary/aromatic N) is 3. The van der Waals surface area contributed by atoms with Crippen molar-refractivity contribution in [2.75, 3.05) is 46.4 Å². The van der Waals surface area contributed by atoms with Crippen molar-refractivity contribution in [3.63, 3.8) is 0 Å². The molecule has 4 rings (SSSR count). The van der Waals surface area contributed by atoms with Crippen LogP contribution in [0.25, 0.3) is 0 Å². The Labute approximate surface area is 156 Å². The molecule has 4 aliphatic rings. The second-order valence-electron chi connectivity index (χ2n) is 8.68. The molecule has 4 saturated heterocycles. The topological polar surface area (TPSA) is 53.1 Å². The van der Waals surface area contributed by atoms with Gasteiger partial charge < -0.3 is 14.5 Å². The van der Waals surface area contributed by atoms with Crippen LogP contribution in [0.15, 0.2) is 0 Å². The predicted octanol–water partition coefficient (Wildman–Crippen LogP) is 1.35. The van der Waals surface area contributed by atoms with Gasteiger partial charge in [0.15, 0.2) is 0 Å². The molecule has 0 spiro atoms. The molecule has 6 nitrogen and oxygen atoms in total. The summed E-state index contributed by atoms with van der Waals surface area (Å²) in [6.45, 7) is 5.54. The van der Waals surface area contributed by atoms with Crippen LogP contribution in [0, 0.1) is 11.8 Å². The number of hydrogen-bond donors (Lipinski definition) is 0. The molecule has 0 unspecified atom stereocenters. The molecule has 4 heterocycles. The van der Waals surface area contributed by atoms with Gasteiger partial charge in [0.2, 0.25) is 11.8 Å². The SMILES string of the molecule is COCCC(=O)N1CCC(N2C[C@H]3C[C@H](C2)[C@H]2CCCC(=O)N2C3)CC1. The lowest BCUT2D eigenvalue weighted by Gasteiger charge is -2.54. The van der Waals surface area contributed by atoms with Crippen LogP contribution in [0.5, 0.6) is 0 Å². The van der Waals surface area contributed by atoms with Gasteiger partial charge in [0, 0.05) is 58.3 Å². The number of amides is 2. The van der Waals surface area contributed by atoms with Crippen LogP contribution in [0.4, 0.5) is 0 Å². The third kappa shape index (κ3) is 3.63. The highest BCUT2D eigenvalue weighted by molar-refractivity contribution is 5.77. The zero-order valence-electron chi connectivity index (χ0n) is 16.1. The van der Waals surface area contributed by atoms with Crippen LogP contribution in [0.2, 0.25) is 0 Å². The second-order valence-corrected chi connectivity index (χ2v) is 8.68. The maximum absolute atomic E-state index is 12.3. The van der Waals surface area contributed by atoms with E-state index in [1.165, 1.54) is 12.8 Å². The summed E-state index contributed by atoms with van der Waals surface area (Å²) in [5.41, 5.74) is 0. The molecule has 26 heavy (non-hydrogen) atoms. The number of rotatable bonds is 4. The standard InChI is InChI=1S/C20H33N3O3/c1-26-10-7-19(24)21-8-5-17(6-9-21)22-12-15-11-16(14-22)18-3-2-4-20(25)23(18)13-15/h15-18H,2-14H2,1H3/t15-,16-,18-/m1/s1. The van der Waals surface area contributed by atoms with Gasteiger partial charge >= 0.3 is 0 Å². The number of carbonyl (C=O) groups is 2. The fourth-order valence-electron chi connectivity index (χ4n) is 5.77. The summed E-state index contributed by atoms with van der Waals surface area (Å²) in [5.74, 6) is 1.94. The molecule has 0 aromatic rings. The highest BCUT2D eigenvalue weighted by Gasteiger charge is 2.45. The number of ether oxygens (including phenoxy) is 1. The molecule has 0 N–H and O–H groups in total. The Morgan fingerprint density at radius 1 is 1.15 bits per heavy atom. The van der Waals surface area contributed by atoms with Crippen molar-refractivity contribution in [3.05, 3.63) is 0 Å². The van der Waals surface area contributed by atoms with Crippen LogP contribution >= 0.6 is 0 Å². The molecular weight excluding hydrogens is 330 g/mol. The number of fused-ring (bicyclic) bond motifs is 4. The Bertz CT molecular complexity index is 532. The van der Waals surface area contributed by atoms with E-state index in [0.29, 0.717) is 42.9 Å². The number of carbonyl (C=O) groups excluding carboxylic acids is 2. The molecule has 3 atom stereocenters. The Morgan fingerprint density at radius 3 is 2.73 bits per heavy atom. The van der Waals surface area contributed by atoms with E-state index in [-0.39, 0.29) is 5.91 Å². The minimum atomic E-state index is 0.233. The van der Waals surface area contributed by atoms with E-state index < -0.39 is 0 Å². The maximum Gasteiger partial charge on any atom is 0.224 e. The van der Waals surface area contributed by atoms with Crippen molar-refractivity contribution in [3.8, 4) is 0 Å². The van der Waals surface area contributed by atoms with E-state index in [2.05, 4.69) is 9.80 Å². The third-order valence-corrected chi connectivity index (χ3v) is 7.06. The quantitative estimate of drug-likeness (QED) is 0.757. The fourth-order valence-corrected chi connectivity index (χ4v) is 5.77. The number of methoxy groups -OCH3 is 1. The van der Waals surface area contributed by atoms with Crippen molar-refractivity contribution < 1.29 is 14.3 Å². The monoisotopic (exact) mass is 363 g/mol. The van der Waals surface area contributed by atoms with E-state index in [0.717, 1.165) is 58.4 Å². The van der Waals surface area contributed by atoms with Gasteiger partial charge in [-0.3, -0.25) is 14.5 Å². The smallest absolute Gasteiger partial charge is 0.224 e. The number of hydrogen-bond acceptors (Lipinski definition) is 4. The minimum Gasteiger partial charge on any atom is -0.384 e. The Morgan fingerprint density at radius 2 is 1.96 bits per heavy atom. The lowest BCUT2D eigenvalue weighted by atomic mass is 9.75. The molecule has 2 amide bonds. The largest absolute Gasteiger partial charge is 0.384 e. The second kappa shape index (κ2) is 7.85. The average molecular weight is 364 g/mol. The van der Waals surface area contributed by atoms with Crippen LogP contribution < -0.4 is 0 Å². The molecule has 4 fully saturated rings. The van der Waals surface area contributed by atoms with E-state index in [1.807, 2.05) is 4.90 Å². The third-order valence-electron chi connectivity index (χ3n) is 7.06. The zero-order chi connectivity index (χ0) is 18.1. The van der Waals surface area contributed by atoms with Crippen molar-refractivity contribution in [1.29, 1.82) is 0 Å². The minimum absolute atomic E-state index is 0.233. The molecule has 0 aromatic heterocycles. The average Bonchev–Trinajstić information content (AvgIpc) is 2.67. The summed E-state index contributed by atoms with van der Waals surface area (Å²) in [6.07, 6.45) is 7.01. The summed E-state index contributed by atoms with van der Waals surface area (Å²) in [5, 5.41) is 0. The van der Waals surface area contributed by atoms with Crippen molar-refractivity contribution in [2.45, 2.75) is 57.0 Å². The van der Waals surface area contributed by atoms with E-state index in [9.17, 15) is 9.59 Å². The molecule has 0 radical (unpaired) electrons. The summed E-state index contributed by atoms with van der Waals surface area (Å²) in [4.78, 5) is 31.4. The Hall–Kier alpha value is -1.14. The molecule has 2 bridgehead atoms. The van der Waals surface area contributed by atoms with Crippen molar-refractivity contribution in [1.82, 2.24) is 14.7 Å². The summed E-state index contributed by atoms with van der Waals surface area (Å²) >= 11 is 0. The lowest BCUT2D eigenvalue weighted by Crippen LogP contribution is -2.62. The summed E-state index contributed by atoms with van der Waals surface area (Å²) in [6, 6.07) is 1.10. The van der Waals surface area contributed by atoms with Gasteiger partial charge in [-0.2, -0.15) is 0 Å². The molecule has 0 saturated carbocycles. The van der Waals surface area contributed by atoms with E-state index >= 15 is 0 Å². The zero-order valence-corrected chi connectivity index (χ0v) is 16.1. The van der Waals surface area contributed by atoms with Gasteiger partial charge in [0.05, 0.1) is 13.0 Å². The van der Waals surface area contributed by atoms with E-state index in [4.69, 9.17) is 4.74 Å². The van der Waals surface area contributed by atoms with E-state index in [1.54, 1.807) is 7.11 Å². The first kappa shape index (κ1) is 18.2. The summed E-state index contributed by atoms with van der Waals surface area (Å²) < 4.78 is 5.03. The van der Waals surface area contributed by atoms with Gasteiger partial charge in [-0.1, -0.05) is 0 Å². The van der Waals surface area contributed by atoms with Gasteiger partial charge in [0.1, 0.15) is 0 Å². The first-order chi connectivity index (χ1) is 12.7. The van der Waals surface area contributed by atoms with Gasteiger partial charge in [-0.05, 0) is 43.9 Å². The van der Waals surface area contributed by atoms with Crippen LogP contribution in [0.3, 0.4) is 0 Å². The van der Waals surface area contributed by atoms with Gasteiger partial charge in [-0.15, -0.1) is 0 Å². The first-order valence-corrected chi connectivity index (χ1v) is 10.5. The molecule has 6 heteroatoms. The Kier molecular flexibility index (Phi) is 5.50. The predicted molar refractivity (Wildman–Crippen MR) is 98.6 cm³/mol. The maximum atomic E-state index is 12.3. The van der Waals surface area contributed by atoms with Crippen molar-refractivity contribution >= 4 is 11.8 Å². The highest BCUT2D eigenvalue weighted by Crippen LogP contribution is 2.39. The van der Waals surface area contributed by atoms with Crippen LogP contribution in [-0.2, 0) is 14.3 Å². The van der Waals surface area contributed by atoms with Crippen LogP contribution in [-0.4, -0.2) is 85.0 Å². The fraction of sp³-hybridized carbons (Fsp3) is 0.900. The Balaban J connectivity index is 1.32. The normalized spacial score (nSPS) is 33.3. The van der Waals surface area contributed by atoms with Gasteiger partial charge in [0.25, 0.3) is 0 Å². The molecule has 146 valence electrons. The lowest BCUT2D eigenvalue weighted by molar-refractivity contribution is -0.146.